The third-order valence-electron chi connectivity index (χ3n) is 4.48. The van der Waals surface area contributed by atoms with Gasteiger partial charge >= 0.3 is 0 Å². The molecule has 6 nitrogen and oxygen atoms in total. The number of nitrogens with zero attached hydrogens (tertiary/aromatic N) is 3. The van der Waals surface area contributed by atoms with E-state index in [1.807, 2.05) is 11.9 Å². The van der Waals surface area contributed by atoms with Gasteiger partial charge in [-0.2, -0.15) is 4.98 Å². The second-order valence-corrected chi connectivity index (χ2v) is 6.25. The number of hydrogen-bond donors (Lipinski definition) is 0. The van der Waals surface area contributed by atoms with E-state index in [9.17, 15) is 4.79 Å². The van der Waals surface area contributed by atoms with E-state index < -0.39 is 0 Å². The monoisotopic (exact) mass is 329 g/mol. The van der Waals surface area contributed by atoms with Gasteiger partial charge in [0.15, 0.2) is 6.61 Å². The largest absolute Gasteiger partial charge is 0.485 e. The molecule has 6 heteroatoms. The summed E-state index contributed by atoms with van der Waals surface area (Å²) in [6, 6.07) is 7.57. The van der Waals surface area contributed by atoms with Gasteiger partial charge in [-0.05, 0) is 37.1 Å². The molecule has 1 aromatic carbocycles. The number of ether oxygens (including phenoxy) is 1. The lowest BCUT2D eigenvalue weighted by Gasteiger charge is -2.31. The highest BCUT2D eigenvalue weighted by atomic mass is 16.5. The van der Waals surface area contributed by atoms with Crippen LogP contribution in [-0.2, 0) is 6.61 Å². The molecule has 1 saturated carbocycles. The Kier molecular flexibility index (Phi) is 5.13. The minimum Gasteiger partial charge on any atom is -0.485 e. The highest BCUT2D eigenvalue weighted by Crippen LogP contribution is 2.23. The molecule has 24 heavy (non-hydrogen) atoms. The predicted octanol–water partition coefficient (Wildman–Crippen LogP) is 3.36. The van der Waals surface area contributed by atoms with Crippen molar-refractivity contribution in [3.8, 4) is 5.75 Å². The van der Waals surface area contributed by atoms with Gasteiger partial charge in [0, 0.05) is 25.6 Å². The molecular formula is C18H23N3O3. The van der Waals surface area contributed by atoms with E-state index in [-0.39, 0.29) is 12.5 Å². The van der Waals surface area contributed by atoms with Crippen molar-refractivity contribution in [1.82, 2.24) is 15.0 Å². The summed E-state index contributed by atoms with van der Waals surface area (Å²) in [7, 11) is 1.90. The molecule has 0 spiro atoms. The molecule has 1 fully saturated rings. The number of rotatable bonds is 5. The van der Waals surface area contributed by atoms with Gasteiger partial charge in [-0.15, -0.1) is 0 Å². The number of aromatic nitrogens is 2. The molecule has 0 bridgehead atoms. The van der Waals surface area contributed by atoms with Crippen LogP contribution in [0.25, 0.3) is 0 Å². The summed E-state index contributed by atoms with van der Waals surface area (Å²) in [4.78, 5) is 18.6. The van der Waals surface area contributed by atoms with Crippen molar-refractivity contribution in [2.24, 2.45) is 0 Å². The zero-order valence-corrected chi connectivity index (χ0v) is 14.2. The Labute approximate surface area is 141 Å². The van der Waals surface area contributed by atoms with Gasteiger partial charge in [0.2, 0.25) is 11.7 Å². The van der Waals surface area contributed by atoms with Crippen molar-refractivity contribution in [2.45, 2.75) is 51.7 Å². The zero-order valence-electron chi connectivity index (χ0n) is 14.2. The normalized spacial score (nSPS) is 15.2. The highest BCUT2D eigenvalue weighted by Gasteiger charge is 2.22. The molecule has 128 valence electrons. The Bertz CT molecular complexity index is 675. The van der Waals surface area contributed by atoms with Gasteiger partial charge in [-0.25, -0.2) is 0 Å². The number of amides is 1. The first-order valence-electron chi connectivity index (χ1n) is 8.42. The average molecular weight is 329 g/mol. The maximum absolute atomic E-state index is 12.6. The summed E-state index contributed by atoms with van der Waals surface area (Å²) in [6.45, 7) is 1.98. The van der Waals surface area contributed by atoms with E-state index in [0.717, 1.165) is 12.8 Å². The summed E-state index contributed by atoms with van der Waals surface area (Å²) in [5.74, 6) is 1.77. The lowest BCUT2D eigenvalue weighted by molar-refractivity contribution is 0.0696. The van der Waals surface area contributed by atoms with Crippen LogP contribution < -0.4 is 4.74 Å². The van der Waals surface area contributed by atoms with Gasteiger partial charge in [-0.1, -0.05) is 24.4 Å². The van der Waals surface area contributed by atoms with Gasteiger partial charge in [0.1, 0.15) is 5.75 Å². The molecule has 1 aliphatic rings. The molecule has 0 radical (unpaired) electrons. The first kappa shape index (κ1) is 16.5. The average Bonchev–Trinajstić information content (AvgIpc) is 3.05. The second-order valence-electron chi connectivity index (χ2n) is 6.25. The Morgan fingerprint density at radius 1 is 1.25 bits per heavy atom. The van der Waals surface area contributed by atoms with E-state index in [1.54, 1.807) is 31.2 Å². The maximum Gasteiger partial charge on any atom is 0.253 e. The van der Waals surface area contributed by atoms with Crippen LogP contribution in [0.5, 0.6) is 5.75 Å². The number of aryl methyl sites for hydroxylation is 1. The lowest BCUT2D eigenvalue weighted by atomic mass is 9.94. The lowest BCUT2D eigenvalue weighted by Crippen LogP contribution is -2.38. The van der Waals surface area contributed by atoms with Crippen molar-refractivity contribution in [3.05, 3.63) is 41.5 Å². The third-order valence-corrected chi connectivity index (χ3v) is 4.48. The van der Waals surface area contributed by atoms with Crippen molar-refractivity contribution in [2.75, 3.05) is 7.05 Å². The van der Waals surface area contributed by atoms with Crippen LogP contribution >= 0.6 is 0 Å². The highest BCUT2D eigenvalue weighted by molar-refractivity contribution is 5.94. The number of benzene rings is 1. The summed E-state index contributed by atoms with van der Waals surface area (Å²) >= 11 is 0. The van der Waals surface area contributed by atoms with Crippen LogP contribution in [0.4, 0.5) is 0 Å². The minimum absolute atomic E-state index is 0.0715. The van der Waals surface area contributed by atoms with Gasteiger partial charge < -0.3 is 14.2 Å². The van der Waals surface area contributed by atoms with Gasteiger partial charge in [0.25, 0.3) is 5.91 Å². The molecule has 2 aromatic rings. The van der Waals surface area contributed by atoms with Crippen LogP contribution in [0.15, 0.2) is 28.8 Å². The Morgan fingerprint density at radius 3 is 2.58 bits per heavy atom. The standard InChI is InChI=1S/C18H23N3O3/c1-13-19-17(20-24-13)12-23-16-10-8-14(9-11-16)18(22)21(2)15-6-4-3-5-7-15/h8-11,15H,3-7,12H2,1-2H3. The van der Waals surface area contributed by atoms with E-state index in [1.165, 1.54) is 19.3 Å². The zero-order chi connectivity index (χ0) is 16.9. The molecule has 0 aliphatic heterocycles. The van der Waals surface area contributed by atoms with E-state index in [0.29, 0.717) is 29.1 Å². The van der Waals surface area contributed by atoms with Crippen LogP contribution in [0.2, 0.25) is 0 Å². The van der Waals surface area contributed by atoms with E-state index in [4.69, 9.17) is 9.26 Å². The van der Waals surface area contributed by atoms with Crippen molar-refractivity contribution < 1.29 is 14.1 Å². The van der Waals surface area contributed by atoms with Crippen LogP contribution in [-0.4, -0.2) is 34.0 Å². The first-order valence-corrected chi connectivity index (χ1v) is 8.42. The van der Waals surface area contributed by atoms with Gasteiger partial charge in [-0.3, -0.25) is 4.79 Å². The van der Waals surface area contributed by atoms with Crippen molar-refractivity contribution >= 4 is 5.91 Å². The summed E-state index contributed by atoms with van der Waals surface area (Å²) in [5.41, 5.74) is 0.686. The number of carbonyl (C=O) groups is 1. The molecule has 1 amide bonds. The van der Waals surface area contributed by atoms with Crippen LogP contribution in [0.3, 0.4) is 0 Å². The van der Waals surface area contributed by atoms with Crippen molar-refractivity contribution in [3.63, 3.8) is 0 Å². The molecule has 1 heterocycles. The smallest absolute Gasteiger partial charge is 0.253 e. The van der Waals surface area contributed by atoms with Gasteiger partial charge in [0.05, 0.1) is 0 Å². The van der Waals surface area contributed by atoms with Crippen molar-refractivity contribution in [1.29, 1.82) is 0 Å². The topological polar surface area (TPSA) is 68.5 Å². The number of carbonyl (C=O) groups excluding carboxylic acids is 1. The fraction of sp³-hybridized carbons (Fsp3) is 0.500. The number of hydrogen-bond acceptors (Lipinski definition) is 5. The Balaban J connectivity index is 1.57. The SMILES string of the molecule is Cc1nc(COc2ccc(C(=O)N(C)C3CCCCC3)cc2)no1. The Hall–Kier alpha value is -2.37. The van der Waals surface area contributed by atoms with E-state index in [2.05, 4.69) is 10.1 Å². The van der Waals surface area contributed by atoms with Crippen LogP contribution in [0, 0.1) is 6.92 Å². The molecule has 1 aliphatic carbocycles. The predicted molar refractivity (Wildman–Crippen MR) is 88.8 cm³/mol. The van der Waals surface area contributed by atoms with E-state index >= 15 is 0 Å². The molecular weight excluding hydrogens is 306 g/mol. The quantitative estimate of drug-likeness (QED) is 0.841. The minimum atomic E-state index is 0.0715. The molecule has 0 saturated heterocycles. The summed E-state index contributed by atoms with van der Waals surface area (Å²) in [6.07, 6.45) is 5.92. The maximum atomic E-state index is 12.6. The summed E-state index contributed by atoms with van der Waals surface area (Å²) < 4.78 is 10.5. The molecule has 1 aromatic heterocycles. The fourth-order valence-electron chi connectivity index (χ4n) is 3.08. The van der Waals surface area contributed by atoms with Crippen LogP contribution in [0.1, 0.15) is 54.2 Å². The molecule has 0 N–H and O–H groups in total. The fourth-order valence-corrected chi connectivity index (χ4v) is 3.08. The first-order chi connectivity index (χ1) is 11.6. The second kappa shape index (κ2) is 7.47. The Morgan fingerprint density at radius 2 is 1.96 bits per heavy atom. The molecule has 0 atom stereocenters. The third kappa shape index (κ3) is 3.93. The molecule has 0 unspecified atom stereocenters. The molecule has 3 rings (SSSR count). The summed E-state index contributed by atoms with van der Waals surface area (Å²) in [5, 5.41) is 3.78.